The summed E-state index contributed by atoms with van der Waals surface area (Å²) in [7, 11) is 0. The number of hydrogen-bond acceptors (Lipinski definition) is 6. The van der Waals surface area contributed by atoms with Crippen LogP contribution in [-0.4, -0.2) is 46.7 Å². The quantitative estimate of drug-likeness (QED) is 0.257. The van der Waals surface area contributed by atoms with E-state index in [-0.39, 0.29) is 11.9 Å². The summed E-state index contributed by atoms with van der Waals surface area (Å²) in [4.78, 5) is 13.9. The van der Waals surface area contributed by atoms with Crippen molar-refractivity contribution in [1.82, 2.24) is 10.0 Å². The fourth-order valence-corrected chi connectivity index (χ4v) is 3.42. The van der Waals surface area contributed by atoms with Gasteiger partial charge in [-0.15, -0.1) is 5.10 Å². The number of amides is 1. The molecule has 8 nitrogen and oxygen atoms in total. The molecule has 1 unspecified atom stereocenters. The number of amidine groups is 1. The smallest absolute Gasteiger partial charge is 0.416 e. The fraction of sp³-hybridized carbons (Fsp3) is 0.391. The van der Waals surface area contributed by atoms with Gasteiger partial charge < -0.3 is 20.7 Å². The van der Waals surface area contributed by atoms with E-state index in [4.69, 9.17) is 16.3 Å². The van der Waals surface area contributed by atoms with Crippen molar-refractivity contribution < 1.29 is 22.7 Å². The zero-order chi connectivity index (χ0) is 25.1. The average Bonchev–Trinajstić information content (AvgIpc) is 3.23. The second-order valence-corrected chi connectivity index (χ2v) is 8.98. The largest absolute Gasteiger partial charge is 0.444 e. The number of hydrogen-bond donors (Lipinski definition) is 3. The molecule has 11 heteroatoms. The Morgan fingerprint density at radius 1 is 1.15 bits per heavy atom. The lowest BCUT2D eigenvalue weighted by Crippen LogP contribution is -2.42. The monoisotopic (exact) mass is 478 g/mol. The molecule has 3 rings (SSSR count). The molecule has 1 saturated heterocycles. The summed E-state index contributed by atoms with van der Waals surface area (Å²) in [6.07, 6.45) is -4.22. The first-order valence-electron chi connectivity index (χ1n) is 10.7. The zero-order valence-corrected chi connectivity index (χ0v) is 19.3. The molecule has 184 valence electrons. The van der Waals surface area contributed by atoms with Crippen LogP contribution in [0.5, 0.6) is 0 Å². The Bertz CT molecular complexity index is 1030. The number of carbonyl (C=O) groups excluding carboxylic acids is 1. The van der Waals surface area contributed by atoms with Crippen molar-refractivity contribution in [2.45, 2.75) is 45.0 Å². The standard InChI is InChI=1S/C23H29F3N6O2/c1-22(2,3)34-21(33)31-13-12-17(14-31)32(28)30-20(27)18-6-4-5-7-19(18)29-16-10-8-15(9-11-16)23(24,25)26/h4-11,17,29H,12-14,28H2,1-3H3,(H2,27,30). The van der Waals surface area contributed by atoms with Gasteiger partial charge in [0.1, 0.15) is 5.60 Å². The first kappa shape index (κ1) is 25.2. The van der Waals surface area contributed by atoms with Crippen molar-refractivity contribution in [2.75, 3.05) is 18.4 Å². The highest BCUT2D eigenvalue weighted by atomic mass is 19.4. The molecular weight excluding hydrogens is 449 g/mol. The molecule has 1 aliphatic rings. The van der Waals surface area contributed by atoms with Gasteiger partial charge in [0.05, 0.1) is 11.6 Å². The fourth-order valence-electron chi connectivity index (χ4n) is 3.42. The number of hydrazine groups is 1. The van der Waals surface area contributed by atoms with Gasteiger partial charge in [0.15, 0.2) is 5.84 Å². The molecule has 1 atom stereocenters. The van der Waals surface area contributed by atoms with E-state index in [1.165, 1.54) is 17.3 Å². The van der Waals surface area contributed by atoms with Gasteiger partial charge in [0.25, 0.3) is 0 Å². The third-order valence-corrected chi connectivity index (χ3v) is 5.11. The number of ether oxygens (including phenoxy) is 1. The second kappa shape index (κ2) is 9.80. The molecule has 0 aromatic heterocycles. The number of alkyl halides is 3. The van der Waals surface area contributed by atoms with Crippen LogP contribution in [0.2, 0.25) is 0 Å². The first-order chi connectivity index (χ1) is 15.8. The highest BCUT2D eigenvalue weighted by Gasteiger charge is 2.32. The maximum atomic E-state index is 12.8. The Morgan fingerprint density at radius 3 is 2.41 bits per heavy atom. The summed E-state index contributed by atoms with van der Waals surface area (Å²) in [6, 6.07) is 11.4. The summed E-state index contributed by atoms with van der Waals surface area (Å²) in [5, 5.41) is 8.58. The lowest BCUT2D eigenvalue weighted by molar-refractivity contribution is -0.137. The number of carbonyl (C=O) groups is 1. The molecule has 1 fully saturated rings. The number of para-hydroxylation sites is 1. The number of benzene rings is 2. The van der Waals surface area contributed by atoms with Crippen LogP contribution in [0.1, 0.15) is 38.3 Å². The molecule has 0 aliphatic carbocycles. The number of nitrogens with two attached hydrogens (primary N) is 2. The average molecular weight is 479 g/mol. The van der Waals surface area contributed by atoms with Crippen molar-refractivity contribution in [3.63, 3.8) is 0 Å². The van der Waals surface area contributed by atoms with Crippen LogP contribution in [0.25, 0.3) is 0 Å². The van der Waals surface area contributed by atoms with Crippen LogP contribution in [-0.2, 0) is 10.9 Å². The van der Waals surface area contributed by atoms with Gasteiger partial charge in [-0.1, -0.05) is 12.1 Å². The van der Waals surface area contributed by atoms with E-state index in [2.05, 4.69) is 10.4 Å². The molecule has 0 saturated carbocycles. The van der Waals surface area contributed by atoms with Gasteiger partial charge >= 0.3 is 12.3 Å². The van der Waals surface area contributed by atoms with Gasteiger partial charge in [0.2, 0.25) is 0 Å². The van der Waals surface area contributed by atoms with Crippen molar-refractivity contribution in [3.8, 4) is 0 Å². The maximum Gasteiger partial charge on any atom is 0.416 e. The summed E-state index contributed by atoms with van der Waals surface area (Å²) in [5.41, 5.74) is 6.43. The van der Waals surface area contributed by atoms with Crippen LogP contribution < -0.4 is 16.9 Å². The van der Waals surface area contributed by atoms with Crippen LogP contribution in [0.15, 0.2) is 53.6 Å². The van der Waals surface area contributed by atoms with E-state index in [1.54, 1.807) is 49.9 Å². The number of rotatable bonds is 5. The van der Waals surface area contributed by atoms with E-state index < -0.39 is 23.4 Å². The Morgan fingerprint density at radius 2 is 1.79 bits per heavy atom. The number of likely N-dealkylation sites (tertiary alicyclic amines) is 1. The zero-order valence-electron chi connectivity index (χ0n) is 19.3. The van der Waals surface area contributed by atoms with Crippen molar-refractivity contribution >= 4 is 23.3 Å². The lowest BCUT2D eigenvalue weighted by atomic mass is 10.1. The minimum Gasteiger partial charge on any atom is -0.444 e. The number of anilines is 2. The summed E-state index contributed by atoms with van der Waals surface area (Å²) in [6.45, 7) is 6.22. The molecule has 1 amide bonds. The Kier molecular flexibility index (Phi) is 7.25. The van der Waals surface area contributed by atoms with Gasteiger partial charge in [-0.2, -0.15) is 13.2 Å². The second-order valence-electron chi connectivity index (χ2n) is 8.98. The molecule has 2 aromatic rings. The predicted molar refractivity (Wildman–Crippen MR) is 124 cm³/mol. The molecular formula is C23H29F3N6O2. The predicted octanol–water partition coefficient (Wildman–Crippen LogP) is 4.25. The summed E-state index contributed by atoms with van der Waals surface area (Å²) >= 11 is 0. The normalized spacial score (nSPS) is 17.0. The minimum absolute atomic E-state index is 0.119. The van der Waals surface area contributed by atoms with Crippen molar-refractivity contribution in [3.05, 3.63) is 59.7 Å². The third kappa shape index (κ3) is 6.53. The molecule has 1 aliphatic heterocycles. The van der Waals surface area contributed by atoms with Crippen LogP contribution in [0.4, 0.5) is 29.3 Å². The Balaban J connectivity index is 1.70. The van der Waals surface area contributed by atoms with Gasteiger partial charge in [0, 0.05) is 30.0 Å². The molecule has 0 bridgehead atoms. The molecule has 2 aromatic carbocycles. The van der Waals surface area contributed by atoms with E-state index >= 15 is 0 Å². The molecule has 5 N–H and O–H groups in total. The minimum atomic E-state index is -4.41. The Labute approximate surface area is 196 Å². The summed E-state index contributed by atoms with van der Waals surface area (Å²) in [5.74, 6) is 6.25. The van der Waals surface area contributed by atoms with E-state index in [0.29, 0.717) is 36.4 Å². The molecule has 34 heavy (non-hydrogen) atoms. The van der Waals surface area contributed by atoms with Gasteiger partial charge in [-0.05, 0) is 63.6 Å². The van der Waals surface area contributed by atoms with Crippen LogP contribution >= 0.6 is 0 Å². The number of nitrogens with one attached hydrogen (secondary N) is 1. The third-order valence-electron chi connectivity index (χ3n) is 5.11. The maximum absolute atomic E-state index is 12.8. The molecule has 0 radical (unpaired) electrons. The van der Waals surface area contributed by atoms with Crippen molar-refractivity contribution in [2.24, 2.45) is 16.7 Å². The number of nitrogens with zero attached hydrogens (tertiary/aromatic N) is 3. The lowest BCUT2D eigenvalue weighted by Gasteiger charge is -2.25. The van der Waals surface area contributed by atoms with E-state index in [1.807, 2.05) is 0 Å². The first-order valence-corrected chi connectivity index (χ1v) is 10.7. The van der Waals surface area contributed by atoms with E-state index in [9.17, 15) is 18.0 Å². The van der Waals surface area contributed by atoms with Gasteiger partial charge in [-0.3, -0.25) is 0 Å². The van der Waals surface area contributed by atoms with E-state index in [0.717, 1.165) is 12.1 Å². The van der Waals surface area contributed by atoms with Crippen LogP contribution in [0, 0.1) is 0 Å². The number of halogens is 3. The van der Waals surface area contributed by atoms with Crippen LogP contribution in [0.3, 0.4) is 0 Å². The van der Waals surface area contributed by atoms with Gasteiger partial charge in [-0.25, -0.2) is 15.8 Å². The highest BCUT2D eigenvalue weighted by Crippen LogP contribution is 2.31. The number of hydrazone groups is 1. The topological polar surface area (TPSA) is 109 Å². The highest BCUT2D eigenvalue weighted by molar-refractivity contribution is 6.02. The summed E-state index contributed by atoms with van der Waals surface area (Å²) < 4.78 is 43.8. The van der Waals surface area contributed by atoms with Crippen molar-refractivity contribution in [1.29, 1.82) is 0 Å². The Hall–Kier alpha value is -3.47. The SMILES string of the molecule is CC(C)(C)OC(=O)N1CCC(N(N)/N=C(\N)c2ccccc2Nc2ccc(C(F)(F)F)cc2)C1. The molecule has 0 spiro atoms. The molecule has 1 heterocycles.